The normalized spacial score (nSPS) is 21.0. The first-order valence-electron chi connectivity index (χ1n) is 9.52. The molecule has 6 nitrogen and oxygen atoms in total. The standard InChI is InChI=1S/C22H21N5O/c1-28-18-7-5-16(6-8-18)20-10-11-21-22(24-20)27(26-25-21)14-15-4-9-19-17(13-15)3-2-12-23-19/h2-7,9,11-13,18,20H,8,10,14H2,1H3. The summed E-state index contributed by atoms with van der Waals surface area (Å²) in [6.45, 7) is 0.637. The fourth-order valence-corrected chi connectivity index (χ4v) is 3.76. The van der Waals surface area contributed by atoms with Crippen LogP contribution in [0.5, 0.6) is 0 Å². The molecule has 0 saturated heterocycles. The molecule has 0 amide bonds. The molecule has 140 valence electrons. The Bertz CT molecular complexity index is 1210. The number of methoxy groups -OCH3 is 1. The third-order valence-electron chi connectivity index (χ3n) is 5.32. The molecule has 0 fully saturated rings. The van der Waals surface area contributed by atoms with Gasteiger partial charge in [-0.25, -0.2) is 4.68 Å². The Morgan fingerprint density at radius 2 is 2.14 bits per heavy atom. The number of hydrogen-bond donors (Lipinski definition) is 0. The lowest BCUT2D eigenvalue weighted by Crippen LogP contribution is -2.36. The van der Waals surface area contributed by atoms with Gasteiger partial charge in [0, 0.05) is 18.7 Å². The molecule has 0 bridgehead atoms. The van der Waals surface area contributed by atoms with Gasteiger partial charge in [0.15, 0.2) is 5.49 Å². The van der Waals surface area contributed by atoms with Crippen LogP contribution in [0.4, 0.5) is 0 Å². The molecule has 0 radical (unpaired) electrons. The lowest BCUT2D eigenvalue weighted by atomic mass is 9.96. The predicted octanol–water partition coefficient (Wildman–Crippen LogP) is 1.95. The van der Waals surface area contributed by atoms with Crippen LogP contribution in [0.25, 0.3) is 17.0 Å². The molecule has 1 aliphatic heterocycles. The van der Waals surface area contributed by atoms with Crippen molar-refractivity contribution >= 4 is 17.0 Å². The van der Waals surface area contributed by atoms with Crippen LogP contribution >= 0.6 is 0 Å². The molecule has 0 N–H and O–H groups in total. The van der Waals surface area contributed by atoms with E-state index in [1.807, 2.05) is 23.0 Å². The van der Waals surface area contributed by atoms with Crippen LogP contribution < -0.4 is 10.8 Å². The van der Waals surface area contributed by atoms with Gasteiger partial charge in [-0.1, -0.05) is 41.7 Å². The van der Waals surface area contributed by atoms with Crippen LogP contribution in [-0.4, -0.2) is 39.2 Å². The summed E-state index contributed by atoms with van der Waals surface area (Å²) in [6, 6.07) is 10.4. The minimum absolute atomic E-state index is 0.111. The SMILES string of the molecule is COC1C=CC(C2CC=c3nnn(Cc4ccc5ncccc5c4)c3=N2)=CC1. The lowest BCUT2D eigenvalue weighted by molar-refractivity contribution is 0.142. The zero-order valence-corrected chi connectivity index (χ0v) is 15.7. The van der Waals surface area contributed by atoms with Crippen molar-refractivity contribution in [1.29, 1.82) is 0 Å². The number of hydrogen-bond acceptors (Lipinski definition) is 5. The molecular formula is C22H21N5O. The summed E-state index contributed by atoms with van der Waals surface area (Å²) in [4.78, 5) is 9.36. The quantitative estimate of drug-likeness (QED) is 0.703. The van der Waals surface area contributed by atoms with E-state index in [9.17, 15) is 0 Å². The van der Waals surface area contributed by atoms with Gasteiger partial charge in [-0.3, -0.25) is 9.98 Å². The first kappa shape index (κ1) is 17.0. The number of nitrogens with zero attached hydrogens (tertiary/aromatic N) is 5. The molecule has 6 heteroatoms. The van der Waals surface area contributed by atoms with Crippen molar-refractivity contribution in [2.75, 3.05) is 7.11 Å². The monoisotopic (exact) mass is 371 g/mol. The summed E-state index contributed by atoms with van der Waals surface area (Å²) in [5.41, 5.74) is 4.24. The zero-order chi connectivity index (χ0) is 18.9. The van der Waals surface area contributed by atoms with Gasteiger partial charge in [-0.15, -0.1) is 5.10 Å². The summed E-state index contributed by atoms with van der Waals surface area (Å²) in [7, 11) is 1.74. The highest BCUT2D eigenvalue weighted by molar-refractivity contribution is 5.78. The number of benzene rings is 1. The molecular weight excluding hydrogens is 350 g/mol. The molecule has 2 unspecified atom stereocenters. The van der Waals surface area contributed by atoms with E-state index in [1.165, 1.54) is 5.57 Å². The average Bonchev–Trinajstić information content (AvgIpc) is 3.16. The number of rotatable bonds is 4. The van der Waals surface area contributed by atoms with Crippen LogP contribution in [0.3, 0.4) is 0 Å². The van der Waals surface area contributed by atoms with E-state index in [0.717, 1.165) is 40.1 Å². The second kappa shape index (κ2) is 7.13. The van der Waals surface area contributed by atoms with Gasteiger partial charge in [0.1, 0.15) is 5.35 Å². The predicted molar refractivity (Wildman–Crippen MR) is 107 cm³/mol. The number of ether oxygens (including phenoxy) is 1. The van der Waals surface area contributed by atoms with Crippen molar-refractivity contribution in [3.63, 3.8) is 0 Å². The van der Waals surface area contributed by atoms with Crippen LogP contribution in [0.2, 0.25) is 0 Å². The second-order valence-corrected chi connectivity index (χ2v) is 7.14. The lowest BCUT2D eigenvalue weighted by Gasteiger charge is -2.19. The maximum Gasteiger partial charge on any atom is 0.174 e. The molecule has 28 heavy (non-hydrogen) atoms. The van der Waals surface area contributed by atoms with Gasteiger partial charge in [-0.05, 0) is 42.2 Å². The van der Waals surface area contributed by atoms with E-state index in [1.54, 1.807) is 7.11 Å². The van der Waals surface area contributed by atoms with E-state index >= 15 is 0 Å². The Kier molecular flexibility index (Phi) is 4.33. The van der Waals surface area contributed by atoms with Crippen LogP contribution in [-0.2, 0) is 11.3 Å². The largest absolute Gasteiger partial charge is 0.377 e. The summed E-state index contributed by atoms with van der Waals surface area (Å²) >= 11 is 0. The van der Waals surface area contributed by atoms with Gasteiger partial charge in [-0.2, -0.15) is 0 Å². The van der Waals surface area contributed by atoms with Crippen molar-refractivity contribution < 1.29 is 4.74 Å². The van der Waals surface area contributed by atoms with E-state index in [2.05, 4.69) is 57.8 Å². The van der Waals surface area contributed by atoms with Crippen molar-refractivity contribution in [3.05, 3.63) is 76.7 Å². The van der Waals surface area contributed by atoms with Crippen LogP contribution in [0, 0.1) is 0 Å². The van der Waals surface area contributed by atoms with Crippen LogP contribution in [0.15, 0.2) is 65.3 Å². The molecule has 2 aromatic heterocycles. The van der Waals surface area contributed by atoms with Gasteiger partial charge in [0.25, 0.3) is 0 Å². The molecule has 1 aliphatic carbocycles. The Balaban J connectivity index is 1.45. The first-order chi connectivity index (χ1) is 13.8. The molecule has 0 spiro atoms. The number of aromatic nitrogens is 4. The van der Waals surface area contributed by atoms with E-state index in [4.69, 9.17) is 9.73 Å². The van der Waals surface area contributed by atoms with Gasteiger partial charge in [0.2, 0.25) is 0 Å². The molecule has 3 heterocycles. The van der Waals surface area contributed by atoms with Crippen molar-refractivity contribution in [2.45, 2.75) is 31.5 Å². The van der Waals surface area contributed by atoms with E-state index in [-0.39, 0.29) is 12.1 Å². The summed E-state index contributed by atoms with van der Waals surface area (Å²) in [6.07, 6.45) is 12.3. The maximum atomic E-state index is 5.39. The fourth-order valence-electron chi connectivity index (χ4n) is 3.76. The fraction of sp³-hybridized carbons (Fsp3) is 0.273. The number of fused-ring (bicyclic) bond motifs is 2. The van der Waals surface area contributed by atoms with Crippen LogP contribution in [0.1, 0.15) is 18.4 Å². The average molecular weight is 371 g/mol. The summed E-state index contributed by atoms with van der Waals surface area (Å²) in [5.74, 6) is 0. The minimum Gasteiger partial charge on any atom is -0.377 e. The zero-order valence-electron chi connectivity index (χ0n) is 15.7. The summed E-state index contributed by atoms with van der Waals surface area (Å²) < 4.78 is 7.28. The topological polar surface area (TPSA) is 65.2 Å². The smallest absolute Gasteiger partial charge is 0.174 e. The maximum absolute atomic E-state index is 5.39. The molecule has 2 atom stereocenters. The van der Waals surface area contributed by atoms with Crippen molar-refractivity contribution in [1.82, 2.24) is 20.0 Å². The van der Waals surface area contributed by atoms with Gasteiger partial charge < -0.3 is 4.74 Å². The Labute approximate surface area is 162 Å². The highest BCUT2D eigenvalue weighted by Gasteiger charge is 2.18. The van der Waals surface area contributed by atoms with E-state index in [0.29, 0.717) is 6.54 Å². The Hall–Kier alpha value is -3.12. The molecule has 2 aliphatic rings. The second-order valence-electron chi connectivity index (χ2n) is 7.14. The van der Waals surface area contributed by atoms with Crippen molar-refractivity contribution in [2.24, 2.45) is 4.99 Å². The summed E-state index contributed by atoms with van der Waals surface area (Å²) in [5, 5.41) is 10.7. The highest BCUT2D eigenvalue weighted by atomic mass is 16.5. The minimum atomic E-state index is 0.111. The van der Waals surface area contributed by atoms with Crippen molar-refractivity contribution in [3.8, 4) is 0 Å². The number of pyridine rings is 1. The molecule has 3 aromatic rings. The molecule has 0 saturated carbocycles. The Morgan fingerprint density at radius 3 is 3.00 bits per heavy atom. The van der Waals surface area contributed by atoms with Gasteiger partial charge >= 0.3 is 0 Å². The Morgan fingerprint density at radius 1 is 1.18 bits per heavy atom. The highest BCUT2D eigenvalue weighted by Crippen LogP contribution is 2.21. The molecule has 5 rings (SSSR count). The third kappa shape index (κ3) is 3.16. The molecule has 1 aromatic carbocycles. The third-order valence-corrected chi connectivity index (χ3v) is 5.32. The van der Waals surface area contributed by atoms with Gasteiger partial charge in [0.05, 0.1) is 24.2 Å². The first-order valence-corrected chi connectivity index (χ1v) is 9.52. The van der Waals surface area contributed by atoms with E-state index < -0.39 is 0 Å².